The minimum absolute atomic E-state index is 0.0395. The average Bonchev–Trinajstić information content (AvgIpc) is 3.93. The lowest BCUT2D eigenvalue weighted by Gasteiger charge is -2.43. The van der Waals surface area contributed by atoms with Gasteiger partial charge in [-0.1, -0.05) is 165 Å². The Labute approximate surface area is 400 Å². The molecule has 0 saturated carbocycles. The van der Waals surface area contributed by atoms with Gasteiger partial charge in [0.15, 0.2) is 0 Å². The molecule has 2 nitrogen and oxygen atoms in total. The van der Waals surface area contributed by atoms with Gasteiger partial charge in [0.2, 0.25) is 0 Å². The van der Waals surface area contributed by atoms with Crippen LogP contribution < -0.4 is 25.5 Å². The van der Waals surface area contributed by atoms with E-state index in [1.54, 1.807) is 0 Å². The van der Waals surface area contributed by atoms with Crippen molar-refractivity contribution in [2.75, 3.05) is 9.80 Å². The molecule has 4 aliphatic rings. The van der Waals surface area contributed by atoms with Gasteiger partial charge in [0.05, 0.1) is 11.1 Å². The first-order chi connectivity index (χ1) is 32.2. The van der Waals surface area contributed by atoms with Crippen LogP contribution in [0.2, 0.25) is 0 Å². The first-order valence-electron chi connectivity index (χ1n) is 24.2. The van der Waals surface area contributed by atoms with Gasteiger partial charge in [-0.15, -0.1) is 11.3 Å². The Kier molecular flexibility index (Phi) is 8.47. The van der Waals surface area contributed by atoms with Crippen LogP contribution in [0, 0.1) is 6.92 Å². The molecule has 2 aliphatic heterocycles. The highest BCUT2D eigenvalue weighted by Crippen LogP contribution is 2.64. The number of hydrogen-bond donors (Lipinski definition) is 0. The number of thiophene rings is 1. The second kappa shape index (κ2) is 14.0. The van der Waals surface area contributed by atoms with Crippen molar-refractivity contribution in [3.8, 4) is 22.3 Å². The maximum atomic E-state index is 2.64. The maximum absolute atomic E-state index is 2.64. The number of benzene rings is 8. The molecule has 4 heteroatoms. The van der Waals surface area contributed by atoms with E-state index in [2.05, 4.69) is 236 Å². The molecule has 9 aromatic rings. The van der Waals surface area contributed by atoms with Crippen LogP contribution in [0.3, 0.4) is 0 Å². The zero-order valence-corrected chi connectivity index (χ0v) is 40.9. The summed E-state index contributed by atoms with van der Waals surface area (Å²) < 4.78 is 2.74. The summed E-state index contributed by atoms with van der Waals surface area (Å²) in [6.07, 6.45) is 0. The Bertz CT molecular complexity index is 3500. The molecule has 2 aliphatic carbocycles. The Morgan fingerprint density at radius 3 is 1.66 bits per heavy atom. The summed E-state index contributed by atoms with van der Waals surface area (Å²) >= 11 is 2.01. The normalized spacial score (nSPS) is 14.8. The molecule has 13 rings (SSSR count). The summed E-state index contributed by atoms with van der Waals surface area (Å²) in [6.45, 7) is 20.8. The third-order valence-corrected chi connectivity index (χ3v) is 16.8. The number of hydrogen-bond acceptors (Lipinski definition) is 3. The van der Waals surface area contributed by atoms with Crippen molar-refractivity contribution < 1.29 is 0 Å². The first-order valence-corrected chi connectivity index (χ1v) is 25.0. The van der Waals surface area contributed by atoms with E-state index in [-0.39, 0.29) is 17.5 Å². The van der Waals surface area contributed by atoms with E-state index in [4.69, 9.17) is 0 Å². The topological polar surface area (TPSA) is 6.48 Å². The van der Waals surface area contributed by atoms with Crippen LogP contribution in [-0.4, -0.2) is 6.71 Å². The highest BCUT2D eigenvalue weighted by atomic mass is 32.1. The van der Waals surface area contributed by atoms with E-state index >= 15 is 0 Å². The van der Waals surface area contributed by atoms with Gasteiger partial charge in [-0.05, 0) is 156 Å². The molecule has 0 N–H and O–H groups in total. The molecule has 0 radical (unpaired) electrons. The Morgan fingerprint density at radius 1 is 0.507 bits per heavy atom. The summed E-state index contributed by atoms with van der Waals surface area (Å²) in [5.74, 6) is 0.414. The molecule has 67 heavy (non-hydrogen) atoms. The lowest BCUT2D eigenvalue weighted by atomic mass is 9.36. The predicted octanol–water partition coefficient (Wildman–Crippen LogP) is 15.4. The van der Waals surface area contributed by atoms with Gasteiger partial charge in [0.1, 0.15) is 0 Å². The van der Waals surface area contributed by atoms with Crippen molar-refractivity contribution in [1.29, 1.82) is 0 Å². The summed E-state index contributed by atoms with van der Waals surface area (Å²) in [4.78, 5) is 5.18. The maximum Gasteiger partial charge on any atom is 0.264 e. The fourth-order valence-corrected chi connectivity index (χ4v) is 13.7. The SMILES string of the molecule is Cc1cc2c3c(c1)N(c1ccc(C(C)(C)C)cc1)c1c(sc4cc5c(cc14)-c1ccc(C(C)C)cc1C51c4ccccc4-c4ccccc41)B3c1ccccc1N2c1ccc(C(C)(C)C)cc1. The molecule has 3 heterocycles. The zero-order chi connectivity index (χ0) is 45.9. The van der Waals surface area contributed by atoms with Crippen molar-refractivity contribution in [1.82, 2.24) is 0 Å². The number of fused-ring (bicyclic) bond motifs is 16. The molecule has 0 bridgehead atoms. The van der Waals surface area contributed by atoms with Crippen LogP contribution in [0.4, 0.5) is 34.1 Å². The molecular formula is C63H55BN2S. The minimum Gasteiger partial charge on any atom is -0.311 e. The second-order valence-corrected chi connectivity index (χ2v) is 23.1. The van der Waals surface area contributed by atoms with Crippen molar-refractivity contribution in [3.63, 3.8) is 0 Å². The van der Waals surface area contributed by atoms with Crippen LogP contribution in [-0.2, 0) is 16.2 Å². The lowest BCUT2D eigenvalue weighted by Crippen LogP contribution is -2.60. The van der Waals surface area contributed by atoms with Gasteiger partial charge < -0.3 is 9.80 Å². The fraction of sp³-hybridized carbons (Fsp3) is 0.206. The minimum atomic E-state index is -0.419. The third kappa shape index (κ3) is 5.57. The Balaban J connectivity index is 1.12. The van der Waals surface area contributed by atoms with Crippen molar-refractivity contribution in [3.05, 3.63) is 208 Å². The molecule has 8 aromatic carbocycles. The average molecular weight is 883 g/mol. The largest absolute Gasteiger partial charge is 0.311 e. The van der Waals surface area contributed by atoms with E-state index < -0.39 is 5.41 Å². The monoisotopic (exact) mass is 882 g/mol. The van der Waals surface area contributed by atoms with Gasteiger partial charge in [-0.3, -0.25) is 0 Å². The van der Waals surface area contributed by atoms with Gasteiger partial charge in [-0.25, -0.2) is 0 Å². The summed E-state index contributed by atoms with van der Waals surface area (Å²) in [5, 5.41) is 1.32. The van der Waals surface area contributed by atoms with Crippen LogP contribution in [0.1, 0.15) is 106 Å². The van der Waals surface area contributed by atoms with E-state index in [1.165, 1.54) is 127 Å². The zero-order valence-electron chi connectivity index (χ0n) is 40.0. The standard InChI is InChI=1S/C63H55BN2S/c1-37(2)39-22-31-46-47-35-48-57(36-52(47)63(51(46)34-39)49-18-12-10-16-44(49)45-17-11-13-19-50(45)63)67-60-59(48)66(43-29-25-41(26-30-43)62(7,8)9)56-33-38(3)32-55-58(56)64(60)53-20-14-15-21-54(53)65(55)42-27-23-40(24-28-42)61(4,5)6/h10-37H,1-9H3. The summed E-state index contributed by atoms with van der Waals surface area (Å²) in [7, 11) is 0. The number of aryl methyl sites for hydroxylation is 1. The number of anilines is 6. The van der Waals surface area contributed by atoms with Gasteiger partial charge in [0.25, 0.3) is 6.71 Å². The van der Waals surface area contributed by atoms with Crippen molar-refractivity contribution in [2.45, 2.75) is 84.5 Å². The lowest BCUT2D eigenvalue weighted by molar-refractivity contribution is 0.590. The Morgan fingerprint density at radius 2 is 1.04 bits per heavy atom. The van der Waals surface area contributed by atoms with Crippen molar-refractivity contribution >= 4 is 78.0 Å². The molecule has 326 valence electrons. The number of para-hydroxylation sites is 1. The van der Waals surface area contributed by atoms with Crippen molar-refractivity contribution in [2.24, 2.45) is 0 Å². The molecule has 0 amide bonds. The highest BCUT2D eigenvalue weighted by Gasteiger charge is 2.53. The van der Waals surface area contributed by atoms with Gasteiger partial charge in [0, 0.05) is 43.3 Å². The molecule has 1 aromatic heterocycles. The molecular weight excluding hydrogens is 828 g/mol. The third-order valence-electron chi connectivity index (χ3n) is 15.6. The van der Waals surface area contributed by atoms with E-state index in [0.717, 1.165) is 0 Å². The molecule has 0 atom stereocenters. The molecule has 0 saturated heterocycles. The summed E-state index contributed by atoms with van der Waals surface area (Å²) in [5.41, 5.74) is 26.2. The van der Waals surface area contributed by atoms with Crippen LogP contribution in [0.5, 0.6) is 0 Å². The highest BCUT2D eigenvalue weighted by molar-refractivity contribution is 7.33. The number of nitrogens with zero attached hydrogens (tertiary/aromatic N) is 2. The number of rotatable bonds is 3. The van der Waals surface area contributed by atoms with Crippen LogP contribution in [0.25, 0.3) is 32.3 Å². The summed E-state index contributed by atoms with van der Waals surface area (Å²) in [6, 6.07) is 63.9. The van der Waals surface area contributed by atoms with E-state index in [0.29, 0.717) is 5.92 Å². The smallest absolute Gasteiger partial charge is 0.264 e. The predicted molar refractivity (Wildman–Crippen MR) is 288 cm³/mol. The van der Waals surface area contributed by atoms with Crippen LogP contribution in [0.15, 0.2) is 164 Å². The second-order valence-electron chi connectivity index (χ2n) is 22.0. The van der Waals surface area contributed by atoms with Crippen LogP contribution >= 0.6 is 11.3 Å². The van der Waals surface area contributed by atoms with E-state index in [1.807, 2.05) is 11.3 Å². The molecule has 1 spiro atoms. The van der Waals surface area contributed by atoms with Gasteiger partial charge in [-0.2, -0.15) is 0 Å². The quantitative estimate of drug-likeness (QED) is 0.163. The first kappa shape index (κ1) is 40.6. The molecule has 0 unspecified atom stereocenters. The fourth-order valence-electron chi connectivity index (χ4n) is 12.3. The Hall–Kier alpha value is -6.62. The van der Waals surface area contributed by atoms with E-state index in [9.17, 15) is 0 Å². The van der Waals surface area contributed by atoms with Gasteiger partial charge >= 0.3 is 0 Å². The molecule has 0 fully saturated rings.